The van der Waals surface area contributed by atoms with Crippen LogP contribution in [0.2, 0.25) is 0 Å². The van der Waals surface area contributed by atoms with Gasteiger partial charge in [-0.2, -0.15) is 0 Å². The third-order valence-electron chi connectivity index (χ3n) is 2.56. The maximum atomic E-state index is 11.6. The summed E-state index contributed by atoms with van der Waals surface area (Å²) in [6.07, 6.45) is 0.557. The van der Waals surface area contributed by atoms with E-state index in [9.17, 15) is 9.90 Å². The number of nitrogens with one attached hydrogen (secondary N) is 1. The number of aliphatic hydroxyl groups is 1. The normalized spacial score (nSPS) is 31.2. The van der Waals surface area contributed by atoms with Gasteiger partial charge in [0.1, 0.15) is 5.60 Å². The SMILES string of the molecule is CC(C)(C)NC(=O)C1(O)CC1(C)C. The van der Waals surface area contributed by atoms with Crippen molar-refractivity contribution in [3.05, 3.63) is 0 Å². The van der Waals surface area contributed by atoms with E-state index in [1.165, 1.54) is 0 Å². The fourth-order valence-corrected chi connectivity index (χ4v) is 1.43. The first-order chi connectivity index (χ1) is 5.58. The Morgan fingerprint density at radius 1 is 1.38 bits per heavy atom. The molecule has 1 aliphatic rings. The summed E-state index contributed by atoms with van der Waals surface area (Å²) in [7, 11) is 0. The number of hydrogen-bond donors (Lipinski definition) is 2. The van der Waals surface area contributed by atoms with Gasteiger partial charge in [0, 0.05) is 11.0 Å². The Morgan fingerprint density at radius 3 is 2.00 bits per heavy atom. The monoisotopic (exact) mass is 185 g/mol. The zero-order valence-electron chi connectivity index (χ0n) is 9.06. The second-order valence-electron chi connectivity index (χ2n) is 5.63. The van der Waals surface area contributed by atoms with Crippen molar-refractivity contribution >= 4 is 5.91 Å². The summed E-state index contributed by atoms with van der Waals surface area (Å²) in [4.78, 5) is 11.6. The van der Waals surface area contributed by atoms with Gasteiger partial charge >= 0.3 is 0 Å². The van der Waals surface area contributed by atoms with E-state index in [1.54, 1.807) is 0 Å². The Bertz CT molecular complexity index is 240. The van der Waals surface area contributed by atoms with E-state index >= 15 is 0 Å². The molecule has 1 atom stereocenters. The lowest BCUT2D eigenvalue weighted by Gasteiger charge is -2.24. The molecule has 3 heteroatoms. The minimum absolute atomic E-state index is 0.245. The lowest BCUT2D eigenvalue weighted by atomic mass is 10.0. The molecule has 0 aromatic heterocycles. The summed E-state index contributed by atoms with van der Waals surface area (Å²) in [5.74, 6) is -0.245. The highest BCUT2D eigenvalue weighted by Gasteiger charge is 2.65. The standard InChI is InChI=1S/C10H19NO2/c1-8(2,3)11-7(12)10(13)6-9(10,4)5/h13H,6H2,1-5H3,(H,11,12). The summed E-state index contributed by atoms with van der Waals surface area (Å²) in [5, 5.41) is 12.7. The van der Waals surface area contributed by atoms with Gasteiger partial charge in [-0.1, -0.05) is 13.8 Å². The highest BCUT2D eigenvalue weighted by atomic mass is 16.3. The van der Waals surface area contributed by atoms with Crippen molar-refractivity contribution in [2.24, 2.45) is 5.41 Å². The van der Waals surface area contributed by atoms with Crippen LogP contribution in [0.15, 0.2) is 0 Å². The highest BCUT2D eigenvalue weighted by molar-refractivity contribution is 5.90. The van der Waals surface area contributed by atoms with Crippen LogP contribution in [0.4, 0.5) is 0 Å². The molecule has 3 nitrogen and oxygen atoms in total. The summed E-state index contributed by atoms with van der Waals surface area (Å²) < 4.78 is 0. The van der Waals surface area contributed by atoms with E-state index in [0.717, 1.165) is 0 Å². The number of hydrogen-bond acceptors (Lipinski definition) is 2. The second-order valence-corrected chi connectivity index (χ2v) is 5.63. The second kappa shape index (κ2) is 2.47. The molecule has 0 aliphatic heterocycles. The maximum Gasteiger partial charge on any atom is 0.252 e. The van der Waals surface area contributed by atoms with Crippen LogP contribution < -0.4 is 5.32 Å². The van der Waals surface area contributed by atoms with Crippen LogP contribution in [-0.2, 0) is 4.79 Å². The molecule has 0 heterocycles. The van der Waals surface area contributed by atoms with Crippen molar-refractivity contribution in [2.45, 2.75) is 52.2 Å². The molecule has 1 unspecified atom stereocenters. The molecule has 1 saturated carbocycles. The Hall–Kier alpha value is -0.570. The van der Waals surface area contributed by atoms with Gasteiger partial charge in [-0.15, -0.1) is 0 Å². The molecule has 0 aromatic carbocycles. The third kappa shape index (κ3) is 1.85. The molecule has 2 N–H and O–H groups in total. The van der Waals surface area contributed by atoms with Crippen LogP contribution in [0.3, 0.4) is 0 Å². The molecule has 1 aliphatic carbocycles. The van der Waals surface area contributed by atoms with Gasteiger partial charge in [0.05, 0.1) is 0 Å². The number of carbonyl (C=O) groups is 1. The lowest BCUT2D eigenvalue weighted by molar-refractivity contribution is -0.135. The molecule has 0 saturated heterocycles. The first-order valence-corrected chi connectivity index (χ1v) is 4.63. The quantitative estimate of drug-likeness (QED) is 0.642. The minimum Gasteiger partial charge on any atom is -0.379 e. The Labute approximate surface area is 79.5 Å². The molecule has 0 radical (unpaired) electrons. The molecule has 0 spiro atoms. The van der Waals surface area contributed by atoms with E-state index in [2.05, 4.69) is 5.32 Å². The third-order valence-corrected chi connectivity index (χ3v) is 2.56. The Kier molecular flexibility index (Phi) is 2.00. The molecule has 0 aromatic rings. The lowest BCUT2D eigenvalue weighted by Crippen LogP contribution is -2.48. The topological polar surface area (TPSA) is 49.3 Å². The molecule has 1 amide bonds. The van der Waals surface area contributed by atoms with Crippen molar-refractivity contribution in [3.63, 3.8) is 0 Å². The largest absolute Gasteiger partial charge is 0.379 e. The number of carbonyl (C=O) groups excluding carboxylic acids is 1. The smallest absolute Gasteiger partial charge is 0.252 e. The predicted molar refractivity (Wildman–Crippen MR) is 51.2 cm³/mol. The van der Waals surface area contributed by atoms with Gasteiger partial charge in [0.2, 0.25) is 0 Å². The summed E-state index contributed by atoms with van der Waals surface area (Å²) in [5.41, 5.74) is -1.67. The average molecular weight is 185 g/mol. The van der Waals surface area contributed by atoms with Gasteiger partial charge in [0.25, 0.3) is 5.91 Å². The zero-order chi connectivity index (χ0) is 10.5. The molecular formula is C10H19NO2. The van der Waals surface area contributed by atoms with Crippen molar-refractivity contribution in [1.29, 1.82) is 0 Å². The van der Waals surface area contributed by atoms with Gasteiger partial charge in [-0.3, -0.25) is 4.79 Å². The van der Waals surface area contributed by atoms with E-state index in [1.807, 2.05) is 34.6 Å². The van der Waals surface area contributed by atoms with Crippen molar-refractivity contribution < 1.29 is 9.90 Å². The maximum absolute atomic E-state index is 11.6. The van der Waals surface area contributed by atoms with Crippen LogP contribution in [0.1, 0.15) is 41.0 Å². The van der Waals surface area contributed by atoms with Crippen molar-refractivity contribution in [2.75, 3.05) is 0 Å². The van der Waals surface area contributed by atoms with E-state index in [0.29, 0.717) is 6.42 Å². The predicted octanol–water partition coefficient (Wildman–Crippen LogP) is 1.06. The van der Waals surface area contributed by atoms with Crippen LogP contribution in [0, 0.1) is 5.41 Å². The Morgan fingerprint density at radius 2 is 1.77 bits per heavy atom. The Balaban J connectivity index is 2.62. The molecule has 0 bridgehead atoms. The summed E-state index contributed by atoms with van der Waals surface area (Å²) in [6, 6.07) is 0. The molecule has 1 rings (SSSR count). The number of amides is 1. The molecule has 1 fully saturated rings. The summed E-state index contributed by atoms with van der Waals surface area (Å²) in [6.45, 7) is 9.52. The van der Waals surface area contributed by atoms with Gasteiger partial charge in [0.15, 0.2) is 0 Å². The van der Waals surface area contributed by atoms with Crippen LogP contribution in [-0.4, -0.2) is 22.2 Å². The van der Waals surface area contributed by atoms with Gasteiger partial charge < -0.3 is 10.4 Å². The first-order valence-electron chi connectivity index (χ1n) is 4.63. The first kappa shape index (κ1) is 10.5. The average Bonchev–Trinajstić information content (AvgIpc) is 2.29. The van der Waals surface area contributed by atoms with Gasteiger partial charge in [-0.25, -0.2) is 0 Å². The van der Waals surface area contributed by atoms with Crippen molar-refractivity contribution in [1.82, 2.24) is 5.32 Å². The fourth-order valence-electron chi connectivity index (χ4n) is 1.43. The fraction of sp³-hybridized carbons (Fsp3) is 0.900. The van der Waals surface area contributed by atoms with Crippen LogP contribution >= 0.6 is 0 Å². The summed E-state index contributed by atoms with van der Waals surface area (Å²) >= 11 is 0. The molecule has 13 heavy (non-hydrogen) atoms. The van der Waals surface area contributed by atoms with Gasteiger partial charge in [-0.05, 0) is 27.2 Å². The van der Waals surface area contributed by atoms with Crippen molar-refractivity contribution in [3.8, 4) is 0 Å². The van der Waals surface area contributed by atoms with E-state index < -0.39 is 5.60 Å². The van der Waals surface area contributed by atoms with E-state index in [-0.39, 0.29) is 16.9 Å². The zero-order valence-corrected chi connectivity index (χ0v) is 9.06. The van der Waals surface area contributed by atoms with Crippen LogP contribution in [0.25, 0.3) is 0 Å². The van der Waals surface area contributed by atoms with E-state index in [4.69, 9.17) is 0 Å². The molecule has 76 valence electrons. The highest BCUT2D eigenvalue weighted by Crippen LogP contribution is 2.55. The van der Waals surface area contributed by atoms with Crippen LogP contribution in [0.5, 0.6) is 0 Å². The molecular weight excluding hydrogens is 166 g/mol. The minimum atomic E-state index is -1.14. The number of rotatable bonds is 1.